The van der Waals surface area contributed by atoms with Gasteiger partial charge in [0, 0.05) is 10.9 Å². The highest BCUT2D eigenvalue weighted by atomic mass is 35.5. The number of rotatable bonds is 4. The third-order valence-electron chi connectivity index (χ3n) is 2.39. The Morgan fingerprint density at radius 2 is 2.15 bits per heavy atom. The second-order valence-electron chi connectivity index (χ2n) is 3.96. The summed E-state index contributed by atoms with van der Waals surface area (Å²) in [6.45, 7) is 1.89. The number of thiazole rings is 1. The monoisotopic (exact) mass is 327 g/mol. The number of hydrazone groups is 1. The molecule has 0 unspecified atom stereocenters. The maximum atomic E-state index is 11.7. The molecule has 0 aliphatic rings. The molecular weight excluding hydrogens is 317 g/mol. The Hall–Kier alpha value is -1.43. The maximum Gasteiger partial charge on any atom is 0.246 e. The normalized spacial score (nSPS) is 10.9. The molecule has 0 aliphatic carbocycles. The van der Waals surface area contributed by atoms with E-state index in [0.29, 0.717) is 15.6 Å². The van der Waals surface area contributed by atoms with Crippen LogP contribution in [-0.2, 0) is 11.2 Å². The van der Waals surface area contributed by atoms with Gasteiger partial charge in [0.05, 0.1) is 33.4 Å². The smallest absolute Gasteiger partial charge is 0.246 e. The fourth-order valence-electron chi connectivity index (χ4n) is 1.50. The molecule has 7 heteroatoms. The van der Waals surface area contributed by atoms with E-state index in [1.165, 1.54) is 17.6 Å². The number of carbonyl (C=O) groups is 1. The quantitative estimate of drug-likeness (QED) is 0.690. The first-order chi connectivity index (χ1) is 9.56. The topological polar surface area (TPSA) is 54.4 Å². The third-order valence-corrected chi connectivity index (χ3v) is 3.87. The summed E-state index contributed by atoms with van der Waals surface area (Å²) in [6, 6.07) is 5.15. The van der Waals surface area contributed by atoms with E-state index in [1.807, 2.05) is 12.3 Å². The van der Waals surface area contributed by atoms with Gasteiger partial charge in [0.15, 0.2) is 0 Å². The highest BCUT2D eigenvalue weighted by Gasteiger charge is 2.06. The maximum absolute atomic E-state index is 11.7. The van der Waals surface area contributed by atoms with Gasteiger partial charge in [0.1, 0.15) is 0 Å². The average Bonchev–Trinajstić information content (AvgIpc) is 2.78. The molecule has 0 aliphatic heterocycles. The standard InChI is InChI=1S/C13H11Cl2N3OS/c1-8-17-9(7-20-8)5-13(19)18-16-6-10-11(14)3-2-4-12(10)15/h2-4,6-7H,5H2,1H3,(H,18,19)/b16-6-. The molecule has 0 saturated heterocycles. The largest absolute Gasteiger partial charge is 0.273 e. The molecule has 1 aromatic carbocycles. The molecule has 4 nitrogen and oxygen atoms in total. The molecule has 1 aromatic heterocycles. The average molecular weight is 328 g/mol. The van der Waals surface area contributed by atoms with Gasteiger partial charge in [-0.1, -0.05) is 29.3 Å². The Balaban J connectivity index is 1.94. The van der Waals surface area contributed by atoms with Crippen LogP contribution in [0.1, 0.15) is 16.3 Å². The van der Waals surface area contributed by atoms with E-state index in [9.17, 15) is 4.79 Å². The van der Waals surface area contributed by atoms with Crippen molar-refractivity contribution in [1.82, 2.24) is 10.4 Å². The summed E-state index contributed by atoms with van der Waals surface area (Å²) < 4.78 is 0. The minimum Gasteiger partial charge on any atom is -0.273 e. The van der Waals surface area contributed by atoms with Gasteiger partial charge in [-0.05, 0) is 19.1 Å². The Kier molecular flexibility index (Phi) is 5.11. The summed E-state index contributed by atoms with van der Waals surface area (Å²) in [6.07, 6.45) is 1.62. The van der Waals surface area contributed by atoms with Crippen LogP contribution in [-0.4, -0.2) is 17.1 Å². The fourth-order valence-corrected chi connectivity index (χ4v) is 2.60. The van der Waals surface area contributed by atoms with Gasteiger partial charge in [0.25, 0.3) is 0 Å². The molecular formula is C13H11Cl2N3OS. The first-order valence-corrected chi connectivity index (χ1v) is 7.36. The summed E-state index contributed by atoms with van der Waals surface area (Å²) in [5, 5.41) is 7.58. The zero-order chi connectivity index (χ0) is 14.5. The second-order valence-corrected chi connectivity index (χ2v) is 5.84. The van der Waals surface area contributed by atoms with Crippen LogP contribution in [0.4, 0.5) is 0 Å². The number of aromatic nitrogens is 1. The molecule has 0 saturated carbocycles. The summed E-state index contributed by atoms with van der Waals surface area (Å²) in [4.78, 5) is 15.9. The van der Waals surface area contributed by atoms with Crippen LogP contribution in [0.3, 0.4) is 0 Å². The van der Waals surface area contributed by atoms with Crippen molar-refractivity contribution in [2.24, 2.45) is 5.10 Å². The SMILES string of the molecule is Cc1nc(CC(=O)N/N=C\c2c(Cl)cccc2Cl)cs1. The molecule has 0 radical (unpaired) electrons. The minimum atomic E-state index is -0.241. The van der Waals surface area contributed by atoms with Crippen molar-refractivity contribution >= 4 is 46.7 Å². The van der Waals surface area contributed by atoms with E-state index in [-0.39, 0.29) is 12.3 Å². The zero-order valence-electron chi connectivity index (χ0n) is 10.6. The highest BCUT2D eigenvalue weighted by Crippen LogP contribution is 2.21. The number of nitrogens with one attached hydrogen (secondary N) is 1. The number of aryl methyl sites for hydroxylation is 1. The molecule has 0 bridgehead atoms. The molecule has 0 fully saturated rings. The molecule has 104 valence electrons. The number of benzene rings is 1. The minimum absolute atomic E-state index is 0.192. The Morgan fingerprint density at radius 3 is 2.75 bits per heavy atom. The van der Waals surface area contributed by atoms with E-state index in [2.05, 4.69) is 15.5 Å². The van der Waals surface area contributed by atoms with E-state index in [1.54, 1.807) is 18.2 Å². The number of hydrogen-bond donors (Lipinski definition) is 1. The number of halogens is 2. The lowest BCUT2D eigenvalue weighted by atomic mass is 10.2. The third kappa shape index (κ3) is 4.03. The summed E-state index contributed by atoms with van der Waals surface area (Å²) in [7, 11) is 0. The highest BCUT2D eigenvalue weighted by molar-refractivity contribution is 7.09. The van der Waals surface area contributed by atoms with E-state index < -0.39 is 0 Å². The van der Waals surface area contributed by atoms with Crippen molar-refractivity contribution < 1.29 is 4.79 Å². The summed E-state index contributed by atoms with van der Waals surface area (Å²) in [5.41, 5.74) is 3.72. The molecule has 2 aromatic rings. The van der Waals surface area contributed by atoms with Gasteiger partial charge in [-0.15, -0.1) is 11.3 Å². The van der Waals surface area contributed by atoms with Gasteiger partial charge in [-0.3, -0.25) is 4.79 Å². The second kappa shape index (κ2) is 6.83. The van der Waals surface area contributed by atoms with Crippen LogP contribution in [0.15, 0.2) is 28.7 Å². The van der Waals surface area contributed by atoms with Crippen LogP contribution in [0.25, 0.3) is 0 Å². The van der Waals surface area contributed by atoms with Gasteiger partial charge in [-0.25, -0.2) is 10.4 Å². The lowest BCUT2D eigenvalue weighted by molar-refractivity contribution is -0.120. The van der Waals surface area contributed by atoms with E-state index in [0.717, 1.165) is 10.7 Å². The summed E-state index contributed by atoms with van der Waals surface area (Å²) >= 11 is 13.5. The van der Waals surface area contributed by atoms with Crippen LogP contribution >= 0.6 is 34.5 Å². The van der Waals surface area contributed by atoms with Crippen molar-refractivity contribution in [2.45, 2.75) is 13.3 Å². The predicted molar refractivity (Wildman–Crippen MR) is 82.8 cm³/mol. The number of hydrogen-bond acceptors (Lipinski definition) is 4. The Bertz CT molecular complexity index is 635. The molecule has 1 N–H and O–H groups in total. The predicted octanol–water partition coefficient (Wildman–Crippen LogP) is 3.45. The molecule has 1 heterocycles. The van der Waals surface area contributed by atoms with Gasteiger partial charge >= 0.3 is 0 Å². The van der Waals surface area contributed by atoms with E-state index in [4.69, 9.17) is 23.2 Å². The number of carbonyl (C=O) groups excluding carboxylic acids is 1. The van der Waals surface area contributed by atoms with Crippen molar-refractivity contribution in [3.63, 3.8) is 0 Å². The molecule has 1 amide bonds. The molecule has 0 atom stereocenters. The van der Waals surface area contributed by atoms with Crippen molar-refractivity contribution in [3.05, 3.63) is 49.9 Å². The molecule has 2 rings (SSSR count). The lowest BCUT2D eigenvalue weighted by Gasteiger charge is -2.01. The fraction of sp³-hybridized carbons (Fsp3) is 0.154. The zero-order valence-corrected chi connectivity index (χ0v) is 12.9. The van der Waals surface area contributed by atoms with Crippen molar-refractivity contribution in [3.8, 4) is 0 Å². The lowest BCUT2D eigenvalue weighted by Crippen LogP contribution is -2.20. The van der Waals surface area contributed by atoms with Crippen molar-refractivity contribution in [2.75, 3.05) is 0 Å². The first kappa shape index (κ1) is 15.0. The Labute approximate surface area is 130 Å². The van der Waals surface area contributed by atoms with E-state index >= 15 is 0 Å². The van der Waals surface area contributed by atoms with Crippen LogP contribution in [0, 0.1) is 6.92 Å². The molecule has 20 heavy (non-hydrogen) atoms. The number of nitrogens with zero attached hydrogens (tertiary/aromatic N) is 2. The molecule has 0 spiro atoms. The van der Waals surface area contributed by atoms with Crippen LogP contribution < -0.4 is 5.43 Å². The summed E-state index contributed by atoms with van der Waals surface area (Å²) in [5.74, 6) is -0.241. The van der Waals surface area contributed by atoms with Gasteiger partial charge in [0.2, 0.25) is 5.91 Å². The van der Waals surface area contributed by atoms with Crippen molar-refractivity contribution in [1.29, 1.82) is 0 Å². The van der Waals surface area contributed by atoms with Crippen LogP contribution in [0.2, 0.25) is 10.0 Å². The van der Waals surface area contributed by atoms with Gasteiger partial charge < -0.3 is 0 Å². The number of amides is 1. The van der Waals surface area contributed by atoms with Crippen LogP contribution in [0.5, 0.6) is 0 Å². The Morgan fingerprint density at radius 1 is 1.45 bits per heavy atom. The van der Waals surface area contributed by atoms with Gasteiger partial charge in [-0.2, -0.15) is 5.10 Å². The first-order valence-electron chi connectivity index (χ1n) is 5.73.